The SMILES string of the molecule is CCC(O)C(C)C(C)C(O)CC(C)(O)/C=C/C=C(\C)C1OC(=O)CC(O)CCC(C)(C)C(OC(=O)N2CCN(C(C)C)CC2)/C=C/C1C. The van der Waals surface area contributed by atoms with Gasteiger partial charge in [-0.15, -0.1) is 0 Å². The largest absolute Gasteiger partial charge is 0.457 e. The molecule has 2 heterocycles. The Morgan fingerprint density at radius 1 is 1.10 bits per heavy atom. The minimum Gasteiger partial charge on any atom is -0.457 e. The van der Waals surface area contributed by atoms with Gasteiger partial charge in [-0.1, -0.05) is 65.8 Å². The van der Waals surface area contributed by atoms with E-state index in [1.165, 1.54) is 0 Å². The van der Waals surface area contributed by atoms with Gasteiger partial charge in [0.25, 0.3) is 0 Å². The van der Waals surface area contributed by atoms with E-state index in [9.17, 15) is 30.0 Å². The molecule has 10 nitrogen and oxygen atoms in total. The zero-order chi connectivity index (χ0) is 36.4. The van der Waals surface area contributed by atoms with Gasteiger partial charge in [-0.05, 0) is 70.4 Å². The lowest BCUT2D eigenvalue weighted by Gasteiger charge is -2.39. The molecule has 4 N–H and O–H groups in total. The number of aliphatic hydroxyl groups excluding tert-OH is 3. The molecule has 0 aliphatic carbocycles. The second-order valence-corrected chi connectivity index (χ2v) is 15.6. The van der Waals surface area contributed by atoms with Crippen LogP contribution in [-0.4, -0.2) is 111 Å². The van der Waals surface area contributed by atoms with Crippen LogP contribution >= 0.6 is 0 Å². The van der Waals surface area contributed by atoms with Crippen LogP contribution in [0.3, 0.4) is 0 Å². The molecule has 10 heteroatoms. The van der Waals surface area contributed by atoms with Crippen molar-refractivity contribution in [3.63, 3.8) is 0 Å². The molecule has 0 spiro atoms. The van der Waals surface area contributed by atoms with Gasteiger partial charge in [-0.2, -0.15) is 0 Å². The van der Waals surface area contributed by atoms with E-state index in [4.69, 9.17) is 9.47 Å². The van der Waals surface area contributed by atoms with E-state index in [-0.39, 0.29) is 36.7 Å². The predicted molar refractivity (Wildman–Crippen MR) is 189 cm³/mol. The van der Waals surface area contributed by atoms with Crippen LogP contribution in [0, 0.1) is 23.2 Å². The van der Waals surface area contributed by atoms with Gasteiger partial charge in [0.2, 0.25) is 0 Å². The topological polar surface area (TPSA) is 140 Å². The van der Waals surface area contributed by atoms with Crippen LogP contribution in [0.4, 0.5) is 4.79 Å². The maximum absolute atomic E-state index is 13.3. The first kappa shape index (κ1) is 41.9. The number of cyclic esters (lactones) is 1. The van der Waals surface area contributed by atoms with Gasteiger partial charge in [-0.3, -0.25) is 9.69 Å². The van der Waals surface area contributed by atoms with Crippen molar-refractivity contribution in [3.05, 3.63) is 36.0 Å². The number of carbonyl (C=O) groups excluding carboxylic acids is 2. The lowest BCUT2D eigenvalue weighted by atomic mass is 9.80. The minimum absolute atomic E-state index is 0.0943. The molecule has 0 aromatic heterocycles. The number of esters is 1. The Bertz CT molecular complexity index is 1110. The summed E-state index contributed by atoms with van der Waals surface area (Å²) < 4.78 is 12.0. The molecule has 2 aliphatic rings. The lowest BCUT2D eigenvalue weighted by molar-refractivity contribution is -0.151. The summed E-state index contributed by atoms with van der Waals surface area (Å²) in [6, 6.07) is 0.421. The van der Waals surface area contributed by atoms with Crippen LogP contribution in [-0.2, 0) is 14.3 Å². The average Bonchev–Trinajstić information content (AvgIpc) is 3.02. The van der Waals surface area contributed by atoms with Crippen LogP contribution in [0.1, 0.15) is 101 Å². The van der Waals surface area contributed by atoms with E-state index < -0.39 is 47.5 Å². The average molecular weight is 679 g/mol. The number of piperazine rings is 1. The fourth-order valence-corrected chi connectivity index (χ4v) is 6.47. The Balaban J connectivity index is 2.25. The van der Waals surface area contributed by atoms with Gasteiger partial charge in [-0.25, -0.2) is 4.79 Å². The molecular formula is C38H66N2O8. The number of ether oxygens (including phenoxy) is 2. The Hall–Kier alpha value is -2.24. The van der Waals surface area contributed by atoms with E-state index in [1.807, 2.05) is 60.6 Å². The number of carbonyl (C=O) groups is 2. The minimum atomic E-state index is -1.32. The van der Waals surface area contributed by atoms with Crippen molar-refractivity contribution in [1.82, 2.24) is 9.80 Å². The molecular weight excluding hydrogens is 612 g/mol. The maximum Gasteiger partial charge on any atom is 0.410 e. The number of amides is 1. The van der Waals surface area contributed by atoms with Crippen molar-refractivity contribution >= 4 is 12.1 Å². The molecule has 0 aromatic carbocycles. The van der Waals surface area contributed by atoms with Crippen LogP contribution in [0.15, 0.2) is 36.0 Å². The summed E-state index contributed by atoms with van der Waals surface area (Å²) in [5.41, 5.74) is -1.09. The van der Waals surface area contributed by atoms with Crippen LogP contribution < -0.4 is 0 Å². The van der Waals surface area contributed by atoms with Crippen LogP contribution in [0.25, 0.3) is 0 Å². The van der Waals surface area contributed by atoms with Gasteiger partial charge in [0.1, 0.15) is 12.2 Å². The first-order valence-electron chi connectivity index (χ1n) is 18.0. The first-order chi connectivity index (χ1) is 22.3. The van der Waals surface area contributed by atoms with Gasteiger partial charge < -0.3 is 34.8 Å². The standard InChI is InChI=1S/C38H66N2O8/c1-11-31(42)28(6)29(7)32(43)24-38(10,46)17-12-13-26(4)35-27(5)14-15-33(37(8,9)18-16-30(41)23-34(44)48-35)47-36(45)40-21-19-39(20-22-40)25(2)3/h12-15,17,25,27-33,35,41-43,46H,11,16,18-24H2,1-10H3/b15-14+,17-12+,26-13+. The molecule has 48 heavy (non-hydrogen) atoms. The molecule has 1 amide bonds. The fourth-order valence-electron chi connectivity index (χ4n) is 6.47. The Labute approximate surface area is 289 Å². The molecule has 1 saturated heterocycles. The molecule has 2 rings (SSSR count). The number of hydrogen-bond donors (Lipinski definition) is 4. The highest BCUT2D eigenvalue weighted by Gasteiger charge is 2.36. The van der Waals surface area contributed by atoms with E-state index in [0.717, 1.165) is 18.7 Å². The van der Waals surface area contributed by atoms with Crippen LogP contribution in [0.2, 0.25) is 0 Å². The van der Waals surface area contributed by atoms with Crippen molar-refractivity contribution in [2.45, 2.75) is 144 Å². The molecule has 0 bridgehead atoms. The fraction of sp³-hybridized carbons (Fsp3) is 0.789. The second-order valence-electron chi connectivity index (χ2n) is 15.6. The smallest absolute Gasteiger partial charge is 0.410 e. The molecule has 276 valence electrons. The summed E-state index contributed by atoms with van der Waals surface area (Å²) in [7, 11) is 0. The quantitative estimate of drug-likeness (QED) is 0.131. The summed E-state index contributed by atoms with van der Waals surface area (Å²) in [5, 5.41) is 42.8. The maximum atomic E-state index is 13.3. The highest BCUT2D eigenvalue weighted by atomic mass is 16.6. The lowest BCUT2D eigenvalue weighted by Crippen LogP contribution is -2.51. The van der Waals surface area contributed by atoms with Crippen LogP contribution in [0.5, 0.6) is 0 Å². The van der Waals surface area contributed by atoms with Gasteiger partial charge >= 0.3 is 12.1 Å². The number of nitrogens with zero attached hydrogens (tertiary/aromatic N) is 2. The van der Waals surface area contributed by atoms with Gasteiger partial charge in [0.05, 0.1) is 30.3 Å². The molecule has 0 aromatic rings. The molecule has 2 aliphatic heterocycles. The van der Waals surface area contributed by atoms with Crippen molar-refractivity contribution < 1.29 is 39.5 Å². The van der Waals surface area contributed by atoms with E-state index in [2.05, 4.69) is 18.7 Å². The third kappa shape index (κ3) is 12.9. The molecule has 0 saturated carbocycles. The normalized spacial score (nSPS) is 29.6. The third-order valence-corrected chi connectivity index (χ3v) is 10.5. The van der Waals surface area contributed by atoms with Crippen molar-refractivity contribution in [2.24, 2.45) is 23.2 Å². The summed E-state index contributed by atoms with van der Waals surface area (Å²) in [6.45, 7) is 22.2. The molecule has 9 unspecified atom stereocenters. The van der Waals surface area contributed by atoms with Gasteiger partial charge in [0.15, 0.2) is 0 Å². The zero-order valence-corrected chi connectivity index (χ0v) is 31.3. The Kier molecular flexibility index (Phi) is 16.3. The summed E-state index contributed by atoms with van der Waals surface area (Å²) in [5.74, 6) is -1.13. The number of allylic oxidation sites excluding steroid dienone is 2. The Morgan fingerprint density at radius 3 is 2.29 bits per heavy atom. The molecule has 9 atom stereocenters. The third-order valence-electron chi connectivity index (χ3n) is 10.5. The number of hydrogen-bond acceptors (Lipinski definition) is 9. The summed E-state index contributed by atoms with van der Waals surface area (Å²) in [4.78, 5) is 30.3. The monoisotopic (exact) mass is 678 g/mol. The number of aliphatic hydroxyl groups is 4. The van der Waals surface area contributed by atoms with Crippen molar-refractivity contribution in [3.8, 4) is 0 Å². The Morgan fingerprint density at radius 2 is 1.71 bits per heavy atom. The summed E-state index contributed by atoms with van der Waals surface area (Å²) >= 11 is 0. The van der Waals surface area contributed by atoms with Gasteiger partial charge in [0, 0.05) is 50.0 Å². The van der Waals surface area contributed by atoms with Crippen molar-refractivity contribution in [2.75, 3.05) is 26.2 Å². The molecule has 1 fully saturated rings. The number of rotatable bonds is 11. The second kappa shape index (κ2) is 18.7. The zero-order valence-electron chi connectivity index (χ0n) is 31.3. The summed E-state index contributed by atoms with van der Waals surface area (Å²) in [6.07, 6.45) is 6.50. The highest BCUT2D eigenvalue weighted by molar-refractivity contribution is 5.70. The van der Waals surface area contributed by atoms with Crippen molar-refractivity contribution in [1.29, 1.82) is 0 Å². The highest BCUT2D eigenvalue weighted by Crippen LogP contribution is 2.34. The van der Waals surface area contributed by atoms with E-state index in [0.29, 0.717) is 38.4 Å². The first-order valence-corrected chi connectivity index (χ1v) is 18.0. The van der Waals surface area contributed by atoms with E-state index >= 15 is 0 Å². The van der Waals surface area contributed by atoms with E-state index in [1.54, 1.807) is 30.1 Å². The molecule has 0 radical (unpaired) electrons. The predicted octanol–water partition coefficient (Wildman–Crippen LogP) is 5.24.